The number of hydrogen-bond donors (Lipinski definition) is 2. The molecule has 7 heteroatoms. The van der Waals surface area contributed by atoms with E-state index in [1.54, 1.807) is 23.3 Å². The van der Waals surface area contributed by atoms with E-state index < -0.39 is 6.04 Å². The van der Waals surface area contributed by atoms with Gasteiger partial charge in [-0.25, -0.2) is 4.98 Å². The second kappa shape index (κ2) is 7.52. The number of carbonyl (C=O) groups is 2. The van der Waals surface area contributed by atoms with Crippen LogP contribution < -0.4 is 11.1 Å². The minimum atomic E-state index is -0.600. The lowest BCUT2D eigenvalue weighted by Crippen LogP contribution is -2.47. The van der Waals surface area contributed by atoms with Gasteiger partial charge < -0.3 is 16.0 Å². The van der Waals surface area contributed by atoms with Crippen LogP contribution in [-0.2, 0) is 16.1 Å². The van der Waals surface area contributed by atoms with Crippen molar-refractivity contribution in [2.24, 2.45) is 11.7 Å². The molecule has 0 saturated carbocycles. The molecule has 2 amide bonds. The van der Waals surface area contributed by atoms with Crippen LogP contribution in [0.2, 0.25) is 0 Å². The number of fused-ring (bicyclic) bond motifs is 1. The van der Waals surface area contributed by atoms with Gasteiger partial charge in [0.15, 0.2) is 0 Å². The molecule has 0 saturated heterocycles. The van der Waals surface area contributed by atoms with E-state index in [9.17, 15) is 9.59 Å². The smallest absolute Gasteiger partial charge is 0.242 e. The summed E-state index contributed by atoms with van der Waals surface area (Å²) in [4.78, 5) is 29.9. The molecule has 6 nitrogen and oxygen atoms in total. The molecule has 0 bridgehead atoms. The summed E-state index contributed by atoms with van der Waals surface area (Å²) in [5.41, 5.74) is 6.68. The lowest BCUT2D eigenvalue weighted by Gasteiger charge is -2.18. The number of nitrogens with one attached hydrogen (secondary N) is 1. The van der Waals surface area contributed by atoms with Crippen LogP contribution in [0.4, 0.5) is 0 Å². The molecular weight excluding hydrogens is 312 g/mol. The van der Waals surface area contributed by atoms with Gasteiger partial charge in [0.1, 0.15) is 5.01 Å². The zero-order valence-corrected chi connectivity index (χ0v) is 14.4. The average Bonchev–Trinajstić information content (AvgIpc) is 2.93. The number of para-hydroxylation sites is 1. The Morgan fingerprint density at radius 1 is 1.35 bits per heavy atom. The standard InChI is InChI=1S/C16H22N4O2S/c1-10(2)15(17)16(22)18-8-14(21)20(3)9-13-19-11-6-4-5-7-12(11)23-13/h4-7,10,15H,8-9,17H2,1-3H3,(H,18,22)/t15-/m0/s1. The fourth-order valence-electron chi connectivity index (χ4n) is 2.00. The van der Waals surface area contributed by atoms with Crippen molar-refractivity contribution in [2.45, 2.75) is 26.4 Å². The highest BCUT2D eigenvalue weighted by atomic mass is 32.1. The molecule has 3 N–H and O–H groups in total. The molecule has 124 valence electrons. The Morgan fingerprint density at radius 3 is 2.70 bits per heavy atom. The third-order valence-corrected chi connectivity index (χ3v) is 4.59. The number of nitrogens with zero attached hydrogens (tertiary/aromatic N) is 2. The highest BCUT2D eigenvalue weighted by Crippen LogP contribution is 2.22. The van der Waals surface area contributed by atoms with Crippen LogP contribution in [0.5, 0.6) is 0 Å². The Kier molecular flexibility index (Phi) is 5.68. The third-order valence-electron chi connectivity index (χ3n) is 3.57. The Morgan fingerprint density at radius 2 is 2.04 bits per heavy atom. The maximum Gasteiger partial charge on any atom is 0.242 e. The molecule has 0 aliphatic heterocycles. The summed E-state index contributed by atoms with van der Waals surface area (Å²) in [7, 11) is 1.70. The number of carbonyl (C=O) groups excluding carboxylic acids is 2. The first-order valence-corrected chi connectivity index (χ1v) is 8.32. The Hall–Kier alpha value is -1.99. The average molecular weight is 334 g/mol. The summed E-state index contributed by atoms with van der Waals surface area (Å²) in [6, 6.07) is 7.26. The van der Waals surface area contributed by atoms with Crippen LogP contribution in [0.25, 0.3) is 10.2 Å². The van der Waals surface area contributed by atoms with Crippen LogP contribution in [0.15, 0.2) is 24.3 Å². The van der Waals surface area contributed by atoms with Crippen LogP contribution in [-0.4, -0.2) is 41.3 Å². The largest absolute Gasteiger partial charge is 0.346 e. The number of thiazole rings is 1. The van der Waals surface area contributed by atoms with Gasteiger partial charge in [-0.2, -0.15) is 0 Å². The first kappa shape index (κ1) is 17.4. The molecule has 1 aromatic carbocycles. The number of rotatable bonds is 6. The Bertz CT molecular complexity index is 665. The van der Waals surface area contributed by atoms with E-state index in [1.165, 1.54) is 0 Å². The van der Waals surface area contributed by atoms with Crippen molar-refractivity contribution >= 4 is 33.4 Å². The van der Waals surface area contributed by atoms with E-state index in [-0.39, 0.29) is 24.3 Å². The number of aromatic nitrogens is 1. The lowest BCUT2D eigenvalue weighted by atomic mass is 10.1. The first-order valence-electron chi connectivity index (χ1n) is 7.50. The van der Waals surface area contributed by atoms with E-state index in [4.69, 9.17) is 5.73 Å². The van der Waals surface area contributed by atoms with Gasteiger partial charge in [-0.05, 0) is 18.1 Å². The van der Waals surface area contributed by atoms with E-state index in [0.717, 1.165) is 15.2 Å². The molecule has 0 unspecified atom stereocenters. The molecule has 1 heterocycles. The summed E-state index contributed by atoms with van der Waals surface area (Å²) in [6.07, 6.45) is 0. The van der Waals surface area contributed by atoms with Gasteiger partial charge in [-0.3, -0.25) is 9.59 Å². The third kappa shape index (κ3) is 4.49. The van der Waals surface area contributed by atoms with Crippen LogP contribution in [0.1, 0.15) is 18.9 Å². The molecule has 0 fully saturated rings. The van der Waals surface area contributed by atoms with E-state index >= 15 is 0 Å². The molecule has 2 rings (SSSR count). The summed E-state index contributed by atoms with van der Waals surface area (Å²) in [6.45, 7) is 4.10. The number of amides is 2. The number of likely N-dealkylation sites (N-methyl/N-ethyl adjacent to an activating group) is 1. The lowest BCUT2D eigenvalue weighted by molar-refractivity contribution is -0.132. The van der Waals surface area contributed by atoms with Gasteiger partial charge in [0.25, 0.3) is 0 Å². The van der Waals surface area contributed by atoms with Gasteiger partial charge in [-0.1, -0.05) is 26.0 Å². The van der Waals surface area contributed by atoms with Gasteiger partial charge in [0, 0.05) is 7.05 Å². The quantitative estimate of drug-likeness (QED) is 0.835. The second-order valence-corrected chi connectivity index (χ2v) is 6.93. The number of benzene rings is 1. The zero-order valence-electron chi connectivity index (χ0n) is 13.6. The van der Waals surface area contributed by atoms with Crippen molar-refractivity contribution in [2.75, 3.05) is 13.6 Å². The van der Waals surface area contributed by atoms with Gasteiger partial charge in [0.05, 0.1) is 29.3 Å². The normalized spacial score (nSPS) is 12.4. The molecule has 0 spiro atoms. The first-order chi connectivity index (χ1) is 10.9. The maximum absolute atomic E-state index is 12.1. The fraction of sp³-hybridized carbons (Fsp3) is 0.438. The minimum Gasteiger partial charge on any atom is -0.346 e. The van der Waals surface area contributed by atoms with Crippen molar-refractivity contribution in [3.05, 3.63) is 29.3 Å². The van der Waals surface area contributed by atoms with E-state index in [2.05, 4.69) is 10.3 Å². The van der Waals surface area contributed by atoms with Crippen LogP contribution in [0, 0.1) is 5.92 Å². The molecule has 1 aromatic heterocycles. The van der Waals surface area contributed by atoms with Crippen molar-refractivity contribution in [1.29, 1.82) is 0 Å². The number of hydrogen-bond acceptors (Lipinski definition) is 5. The van der Waals surface area contributed by atoms with Crippen molar-refractivity contribution in [3.63, 3.8) is 0 Å². The predicted molar refractivity (Wildman–Crippen MR) is 91.9 cm³/mol. The topological polar surface area (TPSA) is 88.3 Å². The van der Waals surface area contributed by atoms with E-state index in [0.29, 0.717) is 6.54 Å². The molecular formula is C16H22N4O2S. The Labute approximate surface area is 139 Å². The van der Waals surface area contributed by atoms with Crippen molar-refractivity contribution in [3.8, 4) is 0 Å². The van der Waals surface area contributed by atoms with Gasteiger partial charge in [-0.15, -0.1) is 11.3 Å². The zero-order chi connectivity index (χ0) is 17.0. The highest BCUT2D eigenvalue weighted by molar-refractivity contribution is 7.18. The summed E-state index contributed by atoms with van der Waals surface area (Å²) < 4.78 is 1.10. The minimum absolute atomic E-state index is 0.0329. The van der Waals surface area contributed by atoms with Gasteiger partial charge in [0.2, 0.25) is 11.8 Å². The molecule has 2 aromatic rings. The van der Waals surface area contributed by atoms with Crippen molar-refractivity contribution < 1.29 is 9.59 Å². The van der Waals surface area contributed by atoms with Crippen molar-refractivity contribution in [1.82, 2.24) is 15.2 Å². The Balaban J connectivity index is 1.88. The SMILES string of the molecule is CC(C)[C@H](N)C(=O)NCC(=O)N(C)Cc1nc2ccccc2s1. The second-order valence-electron chi connectivity index (χ2n) is 5.81. The fourth-order valence-corrected chi connectivity index (χ4v) is 3.02. The summed E-state index contributed by atoms with van der Waals surface area (Å²) in [5.74, 6) is -0.444. The monoisotopic (exact) mass is 334 g/mol. The molecule has 0 aliphatic rings. The highest BCUT2D eigenvalue weighted by Gasteiger charge is 2.19. The number of nitrogens with two attached hydrogens (primary N) is 1. The van der Waals surface area contributed by atoms with Crippen LogP contribution in [0.3, 0.4) is 0 Å². The molecule has 23 heavy (non-hydrogen) atoms. The predicted octanol–water partition coefficient (Wildman–Crippen LogP) is 1.35. The molecule has 0 radical (unpaired) electrons. The van der Waals surface area contributed by atoms with Gasteiger partial charge >= 0.3 is 0 Å². The maximum atomic E-state index is 12.1. The molecule has 0 aliphatic carbocycles. The summed E-state index contributed by atoms with van der Waals surface area (Å²) in [5, 5.41) is 3.45. The van der Waals surface area contributed by atoms with E-state index in [1.807, 2.05) is 38.1 Å². The summed E-state index contributed by atoms with van der Waals surface area (Å²) >= 11 is 1.56. The molecule has 1 atom stereocenters. The van der Waals surface area contributed by atoms with Crippen LogP contribution >= 0.6 is 11.3 Å².